The first kappa shape index (κ1) is 22.2. The summed E-state index contributed by atoms with van der Waals surface area (Å²) in [5.41, 5.74) is 0.973. The van der Waals surface area contributed by atoms with Crippen molar-refractivity contribution in [3.05, 3.63) is 29.6 Å². The summed E-state index contributed by atoms with van der Waals surface area (Å²) in [5, 5.41) is 3.60. The number of methoxy groups -OCH3 is 1. The van der Waals surface area contributed by atoms with E-state index in [9.17, 15) is 4.39 Å². The Hall–Kier alpha value is -1.51. The van der Waals surface area contributed by atoms with Crippen LogP contribution in [0.15, 0.2) is 23.2 Å². The van der Waals surface area contributed by atoms with Gasteiger partial charge in [0.2, 0.25) is 0 Å². The number of benzene rings is 1. The average molecular weight is 425 g/mol. The van der Waals surface area contributed by atoms with Crippen LogP contribution >= 0.6 is 11.8 Å². The lowest BCUT2D eigenvalue weighted by Crippen LogP contribution is -2.54. The highest BCUT2D eigenvalue weighted by atomic mass is 32.2. The highest BCUT2D eigenvalue weighted by Crippen LogP contribution is 2.33. The molecule has 1 N–H and O–H groups in total. The maximum atomic E-state index is 13.9. The van der Waals surface area contributed by atoms with E-state index >= 15 is 0 Å². The molecule has 0 saturated carbocycles. The summed E-state index contributed by atoms with van der Waals surface area (Å²) in [6.07, 6.45) is 4.34. The lowest BCUT2D eigenvalue weighted by molar-refractivity contribution is 0.0779. The van der Waals surface area contributed by atoms with Crippen molar-refractivity contribution >= 4 is 17.7 Å². The van der Waals surface area contributed by atoms with Gasteiger partial charge in [-0.05, 0) is 36.8 Å². The second kappa shape index (κ2) is 10.5. The summed E-state index contributed by atoms with van der Waals surface area (Å²) in [6.45, 7) is 7.01. The standard InChI is InChI=1S/C21H33FN4O2S/c1-23-20(24-16-21(29-3)6-12-28-13-7-21)26-10-8-25(9-11-26)15-17-4-5-19(27-2)18(22)14-17/h4-5,14H,6-13,15-16H2,1-3H3,(H,23,24). The molecule has 1 aromatic rings. The summed E-state index contributed by atoms with van der Waals surface area (Å²) in [7, 11) is 3.34. The summed E-state index contributed by atoms with van der Waals surface area (Å²) in [4.78, 5) is 9.18. The number of nitrogens with one attached hydrogen (secondary N) is 1. The van der Waals surface area contributed by atoms with Gasteiger partial charge in [-0.3, -0.25) is 9.89 Å². The monoisotopic (exact) mass is 424 g/mol. The quantitative estimate of drug-likeness (QED) is 0.559. The number of nitrogens with zero attached hydrogens (tertiary/aromatic N) is 3. The van der Waals surface area contributed by atoms with Gasteiger partial charge in [0.05, 0.1) is 7.11 Å². The van der Waals surface area contributed by atoms with Crippen LogP contribution in [0.25, 0.3) is 0 Å². The van der Waals surface area contributed by atoms with Crippen LogP contribution in [-0.4, -0.2) is 86.9 Å². The zero-order chi connectivity index (χ0) is 20.7. The third-order valence-electron chi connectivity index (χ3n) is 5.91. The molecular weight excluding hydrogens is 391 g/mol. The minimum Gasteiger partial charge on any atom is -0.494 e. The average Bonchev–Trinajstić information content (AvgIpc) is 2.76. The fourth-order valence-corrected chi connectivity index (χ4v) is 4.74. The van der Waals surface area contributed by atoms with Crippen molar-refractivity contribution in [3.8, 4) is 5.75 Å². The van der Waals surface area contributed by atoms with E-state index in [1.807, 2.05) is 24.9 Å². The van der Waals surface area contributed by atoms with Crippen LogP contribution in [0.4, 0.5) is 4.39 Å². The van der Waals surface area contributed by atoms with Crippen molar-refractivity contribution in [3.63, 3.8) is 0 Å². The Morgan fingerprint density at radius 1 is 1.28 bits per heavy atom. The molecule has 8 heteroatoms. The second-order valence-electron chi connectivity index (χ2n) is 7.63. The molecule has 0 atom stereocenters. The first-order valence-corrected chi connectivity index (χ1v) is 11.4. The Labute approximate surface area is 177 Å². The third kappa shape index (κ3) is 5.77. The minimum atomic E-state index is -0.302. The van der Waals surface area contributed by atoms with Crippen molar-refractivity contribution in [2.45, 2.75) is 24.1 Å². The largest absolute Gasteiger partial charge is 0.494 e. The Bertz CT molecular complexity index is 689. The smallest absolute Gasteiger partial charge is 0.193 e. The number of rotatable bonds is 6. The number of ether oxygens (including phenoxy) is 2. The van der Waals surface area contributed by atoms with Gasteiger partial charge in [0.15, 0.2) is 17.5 Å². The number of hydrogen-bond donors (Lipinski definition) is 1. The van der Waals surface area contributed by atoms with Gasteiger partial charge in [-0.1, -0.05) is 6.07 Å². The number of aliphatic imine (C=N–C) groups is 1. The Morgan fingerprint density at radius 2 is 2.00 bits per heavy atom. The molecule has 6 nitrogen and oxygen atoms in total. The number of guanidine groups is 1. The second-order valence-corrected chi connectivity index (χ2v) is 8.91. The zero-order valence-corrected chi connectivity index (χ0v) is 18.6. The first-order chi connectivity index (χ1) is 14.1. The molecule has 2 heterocycles. The summed E-state index contributed by atoms with van der Waals surface area (Å²) >= 11 is 1.93. The van der Waals surface area contributed by atoms with E-state index in [1.165, 1.54) is 7.11 Å². The van der Waals surface area contributed by atoms with Gasteiger partial charge in [-0.15, -0.1) is 0 Å². The van der Waals surface area contributed by atoms with Crippen LogP contribution in [0.2, 0.25) is 0 Å². The van der Waals surface area contributed by atoms with Crippen LogP contribution in [0.5, 0.6) is 5.75 Å². The predicted molar refractivity (Wildman–Crippen MR) is 117 cm³/mol. The lowest BCUT2D eigenvalue weighted by atomic mass is 9.99. The molecule has 0 bridgehead atoms. The van der Waals surface area contributed by atoms with E-state index in [4.69, 9.17) is 9.47 Å². The fourth-order valence-electron chi connectivity index (χ4n) is 3.95. The van der Waals surface area contributed by atoms with Crippen LogP contribution in [0, 0.1) is 5.82 Å². The van der Waals surface area contributed by atoms with Gasteiger partial charge in [-0.2, -0.15) is 11.8 Å². The van der Waals surface area contributed by atoms with Crippen molar-refractivity contribution in [1.82, 2.24) is 15.1 Å². The highest BCUT2D eigenvalue weighted by molar-refractivity contribution is 8.00. The van der Waals surface area contributed by atoms with Crippen molar-refractivity contribution in [2.24, 2.45) is 4.99 Å². The molecule has 0 aliphatic carbocycles. The number of thioether (sulfide) groups is 1. The van der Waals surface area contributed by atoms with E-state index in [1.54, 1.807) is 12.1 Å². The van der Waals surface area contributed by atoms with Gasteiger partial charge < -0.3 is 19.7 Å². The molecule has 0 radical (unpaired) electrons. The molecule has 162 valence electrons. The predicted octanol–water partition coefficient (Wildman–Crippen LogP) is 2.44. The first-order valence-electron chi connectivity index (χ1n) is 10.2. The molecule has 0 aromatic heterocycles. The maximum absolute atomic E-state index is 13.9. The van der Waals surface area contributed by atoms with E-state index in [0.29, 0.717) is 5.75 Å². The molecule has 0 spiro atoms. The topological polar surface area (TPSA) is 49.3 Å². The molecule has 2 saturated heterocycles. The Kier molecular flexibility index (Phi) is 8.03. The SMILES string of the molecule is CN=C(NCC1(SC)CCOCC1)N1CCN(Cc2ccc(OC)c(F)c2)CC1. The molecule has 2 aliphatic rings. The summed E-state index contributed by atoms with van der Waals surface area (Å²) in [6, 6.07) is 5.20. The number of piperazine rings is 1. The van der Waals surface area contributed by atoms with E-state index in [0.717, 1.165) is 76.8 Å². The molecule has 0 unspecified atom stereocenters. The maximum Gasteiger partial charge on any atom is 0.193 e. The normalized spacial score (nSPS) is 20.6. The van der Waals surface area contributed by atoms with Crippen LogP contribution in [0.3, 0.4) is 0 Å². The van der Waals surface area contributed by atoms with E-state index < -0.39 is 0 Å². The van der Waals surface area contributed by atoms with Crippen LogP contribution in [-0.2, 0) is 11.3 Å². The van der Waals surface area contributed by atoms with Crippen molar-refractivity contribution in [1.29, 1.82) is 0 Å². The van der Waals surface area contributed by atoms with Crippen molar-refractivity contribution < 1.29 is 13.9 Å². The van der Waals surface area contributed by atoms with Gasteiger partial charge in [0.1, 0.15) is 0 Å². The van der Waals surface area contributed by atoms with Gasteiger partial charge in [0, 0.05) is 64.3 Å². The third-order valence-corrected chi connectivity index (χ3v) is 7.33. The lowest BCUT2D eigenvalue weighted by Gasteiger charge is -2.39. The molecule has 29 heavy (non-hydrogen) atoms. The highest BCUT2D eigenvalue weighted by Gasteiger charge is 2.32. The Balaban J connectivity index is 1.49. The fraction of sp³-hybridized carbons (Fsp3) is 0.667. The summed E-state index contributed by atoms with van der Waals surface area (Å²) in [5.74, 6) is 0.963. The van der Waals surface area contributed by atoms with Crippen LogP contribution < -0.4 is 10.1 Å². The van der Waals surface area contributed by atoms with E-state index in [-0.39, 0.29) is 10.6 Å². The van der Waals surface area contributed by atoms with E-state index in [2.05, 4.69) is 26.4 Å². The summed E-state index contributed by atoms with van der Waals surface area (Å²) < 4.78 is 24.7. The molecular formula is C21H33FN4O2S. The number of halogens is 1. The zero-order valence-electron chi connectivity index (χ0n) is 17.7. The molecule has 3 rings (SSSR count). The van der Waals surface area contributed by atoms with Gasteiger partial charge in [-0.25, -0.2) is 4.39 Å². The molecule has 2 aliphatic heterocycles. The number of hydrogen-bond acceptors (Lipinski definition) is 5. The minimum absolute atomic E-state index is 0.231. The molecule has 2 fully saturated rings. The Morgan fingerprint density at radius 3 is 2.59 bits per heavy atom. The molecule has 0 amide bonds. The van der Waals surface area contributed by atoms with Crippen molar-refractivity contribution in [2.75, 3.05) is 66.4 Å². The molecule has 1 aromatic carbocycles. The van der Waals surface area contributed by atoms with Gasteiger partial charge in [0.25, 0.3) is 0 Å². The van der Waals surface area contributed by atoms with Gasteiger partial charge >= 0.3 is 0 Å². The van der Waals surface area contributed by atoms with Crippen LogP contribution in [0.1, 0.15) is 18.4 Å².